The predicted octanol–water partition coefficient (Wildman–Crippen LogP) is 1.73. The standard InChI is InChI=1S/C13H19N3O3/c1-13(2,14)7-6-12(17)15-9-10-4-3-5-11(8-10)16(18)19/h3-5,8H,6-7,9,14H2,1-2H3,(H,15,17). The van der Waals surface area contributed by atoms with Crippen LogP contribution in [0.3, 0.4) is 0 Å². The average molecular weight is 265 g/mol. The molecular weight excluding hydrogens is 246 g/mol. The number of nitro groups is 1. The summed E-state index contributed by atoms with van der Waals surface area (Å²) >= 11 is 0. The molecule has 0 heterocycles. The van der Waals surface area contributed by atoms with Gasteiger partial charge >= 0.3 is 0 Å². The highest BCUT2D eigenvalue weighted by Crippen LogP contribution is 2.13. The molecule has 0 bridgehead atoms. The lowest BCUT2D eigenvalue weighted by Crippen LogP contribution is -2.34. The molecule has 1 aromatic carbocycles. The van der Waals surface area contributed by atoms with Gasteiger partial charge in [-0.15, -0.1) is 0 Å². The van der Waals surface area contributed by atoms with Crippen molar-refractivity contribution in [1.82, 2.24) is 5.32 Å². The van der Waals surface area contributed by atoms with Crippen molar-refractivity contribution in [2.24, 2.45) is 5.73 Å². The third kappa shape index (κ3) is 5.96. The van der Waals surface area contributed by atoms with Crippen molar-refractivity contribution in [2.45, 2.75) is 38.8 Å². The number of nitrogens with one attached hydrogen (secondary N) is 1. The number of nitrogens with two attached hydrogens (primary N) is 1. The van der Waals surface area contributed by atoms with Crippen LogP contribution in [0.25, 0.3) is 0 Å². The number of carbonyl (C=O) groups excluding carboxylic acids is 1. The molecular formula is C13H19N3O3. The Morgan fingerprint density at radius 1 is 1.47 bits per heavy atom. The van der Waals surface area contributed by atoms with Crippen molar-refractivity contribution < 1.29 is 9.72 Å². The van der Waals surface area contributed by atoms with Crippen LogP contribution in [0, 0.1) is 10.1 Å². The first-order valence-electron chi connectivity index (χ1n) is 6.07. The van der Waals surface area contributed by atoms with Gasteiger partial charge in [-0.1, -0.05) is 12.1 Å². The van der Waals surface area contributed by atoms with Crippen LogP contribution >= 0.6 is 0 Å². The van der Waals surface area contributed by atoms with E-state index in [1.807, 2.05) is 13.8 Å². The number of rotatable bonds is 6. The largest absolute Gasteiger partial charge is 0.352 e. The fourth-order valence-corrected chi connectivity index (χ4v) is 1.50. The van der Waals surface area contributed by atoms with Gasteiger partial charge < -0.3 is 11.1 Å². The molecule has 0 unspecified atom stereocenters. The maximum atomic E-state index is 11.6. The Labute approximate surface area is 112 Å². The molecule has 0 aliphatic carbocycles. The Kier molecular flexibility index (Phi) is 5.00. The molecule has 0 atom stereocenters. The van der Waals surface area contributed by atoms with Crippen LogP contribution in [0.15, 0.2) is 24.3 Å². The van der Waals surface area contributed by atoms with Crippen LogP contribution in [-0.4, -0.2) is 16.4 Å². The molecule has 0 saturated carbocycles. The zero-order chi connectivity index (χ0) is 14.5. The summed E-state index contributed by atoms with van der Waals surface area (Å²) < 4.78 is 0. The molecule has 0 saturated heterocycles. The van der Waals surface area contributed by atoms with Gasteiger partial charge in [-0.25, -0.2) is 0 Å². The molecule has 0 radical (unpaired) electrons. The number of hydrogen-bond acceptors (Lipinski definition) is 4. The second-order valence-corrected chi connectivity index (χ2v) is 5.19. The molecule has 1 aromatic rings. The number of nitro benzene ring substituents is 1. The van der Waals surface area contributed by atoms with E-state index in [0.29, 0.717) is 18.4 Å². The van der Waals surface area contributed by atoms with Gasteiger partial charge in [0, 0.05) is 30.6 Å². The first-order chi connectivity index (χ1) is 8.78. The SMILES string of the molecule is CC(C)(N)CCC(=O)NCc1cccc([N+](=O)[O-])c1. The number of nitrogens with zero attached hydrogens (tertiary/aromatic N) is 1. The summed E-state index contributed by atoms with van der Waals surface area (Å²) in [5.74, 6) is -0.106. The number of hydrogen-bond donors (Lipinski definition) is 2. The maximum absolute atomic E-state index is 11.6. The Hall–Kier alpha value is -1.95. The molecule has 19 heavy (non-hydrogen) atoms. The van der Waals surface area contributed by atoms with Crippen LogP contribution in [0.2, 0.25) is 0 Å². The summed E-state index contributed by atoms with van der Waals surface area (Å²) in [7, 11) is 0. The molecule has 0 aliphatic rings. The predicted molar refractivity (Wildman–Crippen MR) is 72.4 cm³/mol. The summed E-state index contributed by atoms with van der Waals surface area (Å²) in [6.07, 6.45) is 0.937. The van der Waals surface area contributed by atoms with Crippen LogP contribution in [-0.2, 0) is 11.3 Å². The number of non-ortho nitro benzene ring substituents is 1. The Morgan fingerprint density at radius 3 is 2.74 bits per heavy atom. The topological polar surface area (TPSA) is 98.3 Å². The van der Waals surface area contributed by atoms with Gasteiger partial charge in [0.1, 0.15) is 0 Å². The lowest BCUT2D eigenvalue weighted by Gasteiger charge is -2.17. The number of benzene rings is 1. The van der Waals surface area contributed by atoms with E-state index in [2.05, 4.69) is 5.32 Å². The summed E-state index contributed by atoms with van der Waals surface area (Å²) in [5, 5.41) is 13.3. The molecule has 104 valence electrons. The highest BCUT2D eigenvalue weighted by molar-refractivity contribution is 5.75. The maximum Gasteiger partial charge on any atom is 0.269 e. The molecule has 3 N–H and O–H groups in total. The zero-order valence-electron chi connectivity index (χ0n) is 11.2. The molecule has 6 heteroatoms. The smallest absolute Gasteiger partial charge is 0.269 e. The van der Waals surface area contributed by atoms with E-state index in [0.717, 1.165) is 0 Å². The van der Waals surface area contributed by atoms with Gasteiger partial charge in [-0.2, -0.15) is 0 Å². The summed E-state index contributed by atoms with van der Waals surface area (Å²) in [6, 6.07) is 6.21. The second kappa shape index (κ2) is 6.29. The van der Waals surface area contributed by atoms with E-state index >= 15 is 0 Å². The third-order valence-electron chi connectivity index (χ3n) is 2.61. The van der Waals surface area contributed by atoms with Crippen molar-refractivity contribution in [1.29, 1.82) is 0 Å². The van der Waals surface area contributed by atoms with Crippen LogP contribution in [0.1, 0.15) is 32.3 Å². The highest BCUT2D eigenvalue weighted by atomic mass is 16.6. The minimum atomic E-state index is -0.456. The van der Waals surface area contributed by atoms with Crippen molar-refractivity contribution in [3.63, 3.8) is 0 Å². The fraction of sp³-hybridized carbons (Fsp3) is 0.462. The normalized spacial score (nSPS) is 11.1. The minimum absolute atomic E-state index is 0.0230. The summed E-state index contributed by atoms with van der Waals surface area (Å²) in [4.78, 5) is 21.7. The first kappa shape index (κ1) is 15.1. The highest BCUT2D eigenvalue weighted by Gasteiger charge is 2.13. The van der Waals surface area contributed by atoms with E-state index in [4.69, 9.17) is 5.73 Å². The van der Waals surface area contributed by atoms with Gasteiger partial charge in [0.15, 0.2) is 0 Å². The lowest BCUT2D eigenvalue weighted by atomic mass is 10.00. The molecule has 0 spiro atoms. The number of amides is 1. The first-order valence-corrected chi connectivity index (χ1v) is 6.07. The summed E-state index contributed by atoms with van der Waals surface area (Å²) in [6.45, 7) is 4.01. The lowest BCUT2D eigenvalue weighted by molar-refractivity contribution is -0.384. The average Bonchev–Trinajstić information content (AvgIpc) is 2.33. The van der Waals surface area contributed by atoms with Crippen molar-refractivity contribution >= 4 is 11.6 Å². The molecule has 6 nitrogen and oxygen atoms in total. The molecule has 0 aromatic heterocycles. The molecule has 0 aliphatic heterocycles. The van der Waals surface area contributed by atoms with Crippen molar-refractivity contribution in [3.05, 3.63) is 39.9 Å². The quantitative estimate of drug-likeness (QED) is 0.604. The monoisotopic (exact) mass is 265 g/mol. The van der Waals surface area contributed by atoms with E-state index < -0.39 is 4.92 Å². The van der Waals surface area contributed by atoms with Gasteiger partial charge in [-0.3, -0.25) is 14.9 Å². The zero-order valence-corrected chi connectivity index (χ0v) is 11.2. The van der Waals surface area contributed by atoms with E-state index in [1.54, 1.807) is 12.1 Å². The van der Waals surface area contributed by atoms with Gasteiger partial charge in [0.05, 0.1) is 4.92 Å². The molecule has 1 amide bonds. The Morgan fingerprint density at radius 2 is 2.16 bits per heavy atom. The van der Waals surface area contributed by atoms with Crippen molar-refractivity contribution in [3.8, 4) is 0 Å². The third-order valence-corrected chi connectivity index (χ3v) is 2.61. The summed E-state index contributed by atoms with van der Waals surface area (Å²) in [5.41, 5.74) is 6.14. The number of carbonyl (C=O) groups is 1. The van der Waals surface area contributed by atoms with Crippen LogP contribution in [0.5, 0.6) is 0 Å². The Balaban J connectivity index is 2.46. The van der Waals surface area contributed by atoms with Gasteiger partial charge in [-0.05, 0) is 25.8 Å². The second-order valence-electron chi connectivity index (χ2n) is 5.19. The molecule has 1 rings (SSSR count). The minimum Gasteiger partial charge on any atom is -0.352 e. The van der Waals surface area contributed by atoms with Gasteiger partial charge in [0.2, 0.25) is 5.91 Å². The molecule has 0 fully saturated rings. The van der Waals surface area contributed by atoms with Crippen LogP contribution < -0.4 is 11.1 Å². The van der Waals surface area contributed by atoms with E-state index in [-0.39, 0.29) is 23.7 Å². The van der Waals surface area contributed by atoms with Crippen LogP contribution in [0.4, 0.5) is 5.69 Å². The van der Waals surface area contributed by atoms with Crippen molar-refractivity contribution in [2.75, 3.05) is 0 Å². The van der Waals surface area contributed by atoms with Gasteiger partial charge in [0.25, 0.3) is 5.69 Å². The van der Waals surface area contributed by atoms with E-state index in [9.17, 15) is 14.9 Å². The van der Waals surface area contributed by atoms with E-state index in [1.165, 1.54) is 12.1 Å². The fourth-order valence-electron chi connectivity index (χ4n) is 1.50. The Bertz CT molecular complexity index is 466.